The number of sulfone groups is 1. The molecule has 0 aliphatic carbocycles. The number of hydrogen-bond acceptors (Lipinski definition) is 2. The minimum Gasteiger partial charge on any atom is -0.223 e. The van der Waals surface area contributed by atoms with Crippen molar-refractivity contribution in [1.29, 1.82) is 0 Å². The molecule has 0 saturated carbocycles. The summed E-state index contributed by atoms with van der Waals surface area (Å²) in [5.74, 6) is -0.0318. The Bertz CT molecular complexity index is 913. The molecule has 0 N–H and O–H groups in total. The van der Waals surface area contributed by atoms with E-state index in [9.17, 15) is 8.42 Å². The third-order valence-corrected chi connectivity index (χ3v) is 5.41. The summed E-state index contributed by atoms with van der Waals surface area (Å²) >= 11 is 0. The average molecular weight is 334 g/mol. The van der Waals surface area contributed by atoms with Crippen LogP contribution < -0.4 is 0 Å². The van der Waals surface area contributed by atoms with E-state index in [-0.39, 0.29) is 5.75 Å². The molecule has 0 atom stereocenters. The first-order chi connectivity index (χ1) is 11.6. The first kappa shape index (κ1) is 16.2. The van der Waals surface area contributed by atoms with E-state index in [4.69, 9.17) is 0 Å². The molecule has 120 valence electrons. The van der Waals surface area contributed by atoms with Crippen LogP contribution >= 0.6 is 0 Å². The van der Waals surface area contributed by atoms with E-state index in [1.807, 2.05) is 72.8 Å². The molecule has 0 amide bonds. The second-order valence-electron chi connectivity index (χ2n) is 5.52. The van der Waals surface area contributed by atoms with Crippen molar-refractivity contribution in [3.05, 3.63) is 102 Å². The quantitative estimate of drug-likeness (QED) is 0.634. The third-order valence-electron chi connectivity index (χ3n) is 3.73. The van der Waals surface area contributed by atoms with Gasteiger partial charge in [0.05, 0.1) is 10.6 Å². The van der Waals surface area contributed by atoms with Crippen LogP contribution in [0.25, 0.3) is 11.6 Å². The van der Waals surface area contributed by atoms with Crippen LogP contribution in [0.2, 0.25) is 0 Å². The van der Waals surface area contributed by atoms with Gasteiger partial charge in [0.15, 0.2) is 9.84 Å². The van der Waals surface area contributed by atoms with Gasteiger partial charge in [-0.1, -0.05) is 84.9 Å². The molecular weight excluding hydrogens is 316 g/mol. The van der Waals surface area contributed by atoms with E-state index in [0.29, 0.717) is 4.90 Å². The molecule has 3 rings (SSSR count). The molecule has 0 spiro atoms. The van der Waals surface area contributed by atoms with Crippen LogP contribution in [0.1, 0.15) is 11.1 Å². The maximum Gasteiger partial charge on any atom is 0.182 e. The highest BCUT2D eigenvalue weighted by Gasteiger charge is 2.17. The van der Waals surface area contributed by atoms with Crippen molar-refractivity contribution < 1.29 is 8.42 Å². The summed E-state index contributed by atoms with van der Waals surface area (Å²) in [7, 11) is -3.40. The van der Waals surface area contributed by atoms with Gasteiger partial charge in [0.25, 0.3) is 0 Å². The second-order valence-corrected chi connectivity index (χ2v) is 7.51. The summed E-state index contributed by atoms with van der Waals surface area (Å²) < 4.78 is 25.5. The molecule has 0 aromatic heterocycles. The van der Waals surface area contributed by atoms with Crippen molar-refractivity contribution in [2.75, 3.05) is 5.75 Å². The maximum atomic E-state index is 12.8. The first-order valence-corrected chi connectivity index (χ1v) is 9.39. The second kappa shape index (κ2) is 7.28. The van der Waals surface area contributed by atoms with Crippen LogP contribution in [0, 0.1) is 0 Å². The highest BCUT2D eigenvalue weighted by Crippen LogP contribution is 2.23. The van der Waals surface area contributed by atoms with Crippen LogP contribution in [0.4, 0.5) is 0 Å². The van der Waals surface area contributed by atoms with E-state index < -0.39 is 9.84 Å². The topological polar surface area (TPSA) is 34.1 Å². The van der Waals surface area contributed by atoms with Gasteiger partial charge in [-0.25, -0.2) is 8.42 Å². The Kier molecular flexibility index (Phi) is 4.92. The molecule has 0 bridgehead atoms. The van der Waals surface area contributed by atoms with Crippen LogP contribution in [0.3, 0.4) is 0 Å². The molecule has 0 saturated heterocycles. The summed E-state index contributed by atoms with van der Waals surface area (Å²) in [5, 5.41) is 0. The SMILES string of the molecule is O=S(=O)(C/C(=C\c1ccccc1)c1ccccc1)c1ccccc1. The minimum absolute atomic E-state index is 0.0318. The molecule has 3 aromatic carbocycles. The normalized spacial score (nSPS) is 12.1. The standard InChI is InChI=1S/C21H18O2S/c22-24(23,21-14-8-3-9-15-21)17-20(19-12-6-2-7-13-19)16-18-10-4-1-5-11-18/h1-16H,17H2/b20-16+. The molecule has 0 radical (unpaired) electrons. The Morgan fingerprint density at radius 1 is 0.708 bits per heavy atom. The summed E-state index contributed by atoms with van der Waals surface area (Å²) in [5.41, 5.74) is 2.69. The zero-order valence-electron chi connectivity index (χ0n) is 13.2. The molecule has 24 heavy (non-hydrogen) atoms. The van der Waals surface area contributed by atoms with E-state index >= 15 is 0 Å². The highest BCUT2D eigenvalue weighted by molar-refractivity contribution is 7.91. The van der Waals surface area contributed by atoms with Crippen molar-refractivity contribution in [2.45, 2.75) is 4.90 Å². The Morgan fingerprint density at radius 2 is 1.21 bits per heavy atom. The van der Waals surface area contributed by atoms with Crippen molar-refractivity contribution in [2.24, 2.45) is 0 Å². The average Bonchev–Trinajstić information content (AvgIpc) is 2.63. The molecule has 2 nitrogen and oxygen atoms in total. The van der Waals surface area contributed by atoms with Crippen molar-refractivity contribution >= 4 is 21.5 Å². The molecule has 3 heteroatoms. The number of rotatable bonds is 5. The lowest BCUT2D eigenvalue weighted by atomic mass is 10.0. The molecule has 0 heterocycles. The van der Waals surface area contributed by atoms with E-state index in [1.54, 1.807) is 24.3 Å². The third kappa shape index (κ3) is 4.00. The first-order valence-electron chi connectivity index (χ1n) is 7.74. The Labute approximate surface area is 143 Å². The van der Waals surface area contributed by atoms with Gasteiger partial charge >= 0.3 is 0 Å². The Hall–Kier alpha value is -2.65. The lowest BCUT2D eigenvalue weighted by molar-refractivity contribution is 0.599. The molecule has 0 aliphatic rings. The molecule has 0 unspecified atom stereocenters. The van der Waals surface area contributed by atoms with E-state index in [2.05, 4.69) is 0 Å². The van der Waals surface area contributed by atoms with Gasteiger partial charge < -0.3 is 0 Å². The fraction of sp³-hybridized carbons (Fsp3) is 0.0476. The van der Waals surface area contributed by atoms with Gasteiger partial charge in [0.2, 0.25) is 0 Å². The smallest absolute Gasteiger partial charge is 0.182 e. The van der Waals surface area contributed by atoms with Crippen LogP contribution in [-0.4, -0.2) is 14.2 Å². The zero-order chi connectivity index (χ0) is 16.8. The van der Waals surface area contributed by atoms with Crippen LogP contribution in [-0.2, 0) is 9.84 Å². The molecule has 3 aromatic rings. The summed E-state index contributed by atoms with van der Waals surface area (Å²) in [6.07, 6.45) is 1.94. The van der Waals surface area contributed by atoms with Gasteiger partial charge in [-0.2, -0.15) is 0 Å². The predicted octanol–water partition coefficient (Wildman–Crippen LogP) is 4.70. The van der Waals surface area contributed by atoms with Gasteiger partial charge in [0.1, 0.15) is 0 Å². The fourth-order valence-electron chi connectivity index (χ4n) is 2.53. The largest absolute Gasteiger partial charge is 0.223 e. The monoisotopic (exact) mass is 334 g/mol. The number of benzene rings is 3. The summed E-state index contributed by atoms with van der Waals surface area (Å²) in [6, 6.07) is 28.0. The van der Waals surface area contributed by atoms with Crippen molar-refractivity contribution in [3.8, 4) is 0 Å². The molecule has 0 fully saturated rings. The van der Waals surface area contributed by atoms with Crippen molar-refractivity contribution in [3.63, 3.8) is 0 Å². The molecule has 0 aliphatic heterocycles. The van der Waals surface area contributed by atoms with Gasteiger partial charge in [0, 0.05) is 0 Å². The van der Waals surface area contributed by atoms with E-state index in [1.165, 1.54) is 0 Å². The maximum absolute atomic E-state index is 12.8. The zero-order valence-corrected chi connectivity index (χ0v) is 14.0. The summed E-state index contributed by atoms with van der Waals surface area (Å²) in [4.78, 5) is 0.347. The lowest BCUT2D eigenvalue weighted by Crippen LogP contribution is -2.08. The predicted molar refractivity (Wildman–Crippen MR) is 99.2 cm³/mol. The van der Waals surface area contributed by atoms with E-state index in [0.717, 1.165) is 16.7 Å². The Morgan fingerprint density at radius 3 is 1.79 bits per heavy atom. The lowest BCUT2D eigenvalue weighted by Gasteiger charge is -2.10. The number of hydrogen-bond donors (Lipinski definition) is 0. The van der Waals surface area contributed by atoms with Crippen LogP contribution in [0.15, 0.2) is 95.9 Å². The summed E-state index contributed by atoms with van der Waals surface area (Å²) in [6.45, 7) is 0. The Balaban J connectivity index is 2.02. The minimum atomic E-state index is -3.40. The molecular formula is C21H18O2S. The van der Waals surface area contributed by atoms with Crippen molar-refractivity contribution in [1.82, 2.24) is 0 Å². The van der Waals surface area contributed by atoms with Gasteiger partial charge in [-0.3, -0.25) is 0 Å². The van der Waals surface area contributed by atoms with Crippen LogP contribution in [0.5, 0.6) is 0 Å². The van der Waals surface area contributed by atoms with Gasteiger partial charge in [-0.05, 0) is 28.8 Å². The highest BCUT2D eigenvalue weighted by atomic mass is 32.2. The van der Waals surface area contributed by atoms with Gasteiger partial charge in [-0.15, -0.1) is 0 Å². The fourth-order valence-corrected chi connectivity index (χ4v) is 3.92.